The number of rotatable bonds is 6. The molecular formula is C21H32ClN3O3. The van der Waals surface area contributed by atoms with Crippen LogP contribution >= 0.6 is 12.4 Å². The third-order valence-electron chi connectivity index (χ3n) is 5.59. The average Bonchev–Trinajstić information content (AvgIpc) is 2.70. The topological polar surface area (TPSA) is 84.7 Å². The van der Waals surface area contributed by atoms with Crippen molar-refractivity contribution in [3.63, 3.8) is 0 Å². The maximum atomic E-state index is 12.6. The molecule has 1 unspecified atom stereocenters. The molecule has 1 aliphatic carbocycles. The number of benzene rings is 1. The summed E-state index contributed by atoms with van der Waals surface area (Å²) in [6.45, 7) is 1.60. The summed E-state index contributed by atoms with van der Waals surface area (Å²) in [6, 6.07) is 10.0. The maximum absolute atomic E-state index is 12.6. The second kappa shape index (κ2) is 11.3. The Morgan fingerprint density at radius 3 is 2.54 bits per heavy atom. The molecule has 0 radical (unpaired) electrons. The molecule has 2 amide bonds. The van der Waals surface area contributed by atoms with Gasteiger partial charge in [0, 0.05) is 25.2 Å². The van der Waals surface area contributed by atoms with Crippen LogP contribution in [0.25, 0.3) is 0 Å². The minimum atomic E-state index is -0.103. The third-order valence-corrected chi connectivity index (χ3v) is 5.59. The average molecular weight is 410 g/mol. The fourth-order valence-corrected chi connectivity index (χ4v) is 3.93. The van der Waals surface area contributed by atoms with Gasteiger partial charge in [-0.3, -0.25) is 9.59 Å². The summed E-state index contributed by atoms with van der Waals surface area (Å²) in [5.74, 6) is 0.822. The zero-order chi connectivity index (χ0) is 19.1. The predicted octanol–water partition coefficient (Wildman–Crippen LogP) is 2.50. The Hall–Kier alpha value is -1.79. The summed E-state index contributed by atoms with van der Waals surface area (Å²) in [7, 11) is 0. The minimum absolute atomic E-state index is 0. The third kappa shape index (κ3) is 6.67. The number of hydrogen-bond donors (Lipinski definition) is 2. The molecule has 1 saturated heterocycles. The van der Waals surface area contributed by atoms with Crippen molar-refractivity contribution in [2.24, 2.45) is 11.7 Å². The highest BCUT2D eigenvalue weighted by Gasteiger charge is 2.30. The number of hydrogen-bond acceptors (Lipinski definition) is 4. The number of nitrogens with zero attached hydrogens (tertiary/aromatic N) is 1. The number of piperidine rings is 1. The summed E-state index contributed by atoms with van der Waals surface area (Å²) in [6.07, 6.45) is 5.92. The Labute approximate surface area is 173 Å². The van der Waals surface area contributed by atoms with Crippen molar-refractivity contribution < 1.29 is 14.3 Å². The van der Waals surface area contributed by atoms with Gasteiger partial charge < -0.3 is 20.7 Å². The summed E-state index contributed by atoms with van der Waals surface area (Å²) in [4.78, 5) is 26.9. The van der Waals surface area contributed by atoms with Crippen molar-refractivity contribution in [2.75, 3.05) is 19.7 Å². The van der Waals surface area contributed by atoms with Crippen LogP contribution in [0.15, 0.2) is 30.3 Å². The van der Waals surface area contributed by atoms with Crippen molar-refractivity contribution in [3.8, 4) is 5.75 Å². The van der Waals surface area contributed by atoms with Crippen molar-refractivity contribution in [3.05, 3.63) is 30.3 Å². The number of carbonyl (C=O) groups excluding carboxylic acids is 2. The largest absolute Gasteiger partial charge is 0.493 e. The Bertz CT molecular complexity index is 621. The van der Waals surface area contributed by atoms with E-state index in [2.05, 4.69) is 5.32 Å². The SMILES string of the molecule is Cl.NC1CCC(NC(=O)C2CCCN(C(=O)CCOc3ccccc3)C2)CC1. The van der Waals surface area contributed by atoms with E-state index in [-0.39, 0.29) is 42.2 Å². The number of amides is 2. The Morgan fingerprint density at radius 2 is 1.82 bits per heavy atom. The van der Waals surface area contributed by atoms with Gasteiger partial charge in [-0.15, -0.1) is 12.4 Å². The van der Waals surface area contributed by atoms with Gasteiger partial charge in [-0.25, -0.2) is 0 Å². The van der Waals surface area contributed by atoms with Crippen LogP contribution in [0.3, 0.4) is 0 Å². The number of halogens is 1. The van der Waals surface area contributed by atoms with Crippen LogP contribution in [0.4, 0.5) is 0 Å². The quantitative estimate of drug-likeness (QED) is 0.755. The van der Waals surface area contributed by atoms with E-state index in [1.54, 1.807) is 0 Å². The molecule has 0 aromatic heterocycles. The maximum Gasteiger partial charge on any atom is 0.226 e. The standard InChI is InChI=1S/C21H31N3O3.ClH/c22-17-8-10-18(11-9-17)23-21(26)16-5-4-13-24(15-16)20(25)12-14-27-19-6-2-1-3-7-19;/h1-3,6-7,16-18H,4-5,8-15,22H2,(H,23,26);1H. The highest BCUT2D eigenvalue weighted by atomic mass is 35.5. The molecule has 1 aliphatic heterocycles. The zero-order valence-corrected chi connectivity index (χ0v) is 17.2. The van der Waals surface area contributed by atoms with E-state index >= 15 is 0 Å². The van der Waals surface area contributed by atoms with Crippen molar-refractivity contribution in [1.29, 1.82) is 0 Å². The number of nitrogens with one attached hydrogen (secondary N) is 1. The van der Waals surface area contributed by atoms with Gasteiger partial charge in [0.1, 0.15) is 5.75 Å². The molecular weight excluding hydrogens is 378 g/mol. The lowest BCUT2D eigenvalue weighted by Crippen LogP contribution is -2.48. The molecule has 1 heterocycles. The summed E-state index contributed by atoms with van der Waals surface area (Å²) in [5, 5.41) is 3.18. The molecule has 1 aromatic rings. The molecule has 2 aliphatic rings. The zero-order valence-electron chi connectivity index (χ0n) is 16.3. The minimum Gasteiger partial charge on any atom is -0.493 e. The highest BCUT2D eigenvalue weighted by Crippen LogP contribution is 2.21. The first kappa shape index (κ1) is 22.5. The Balaban J connectivity index is 0.00000280. The summed E-state index contributed by atoms with van der Waals surface area (Å²) in [5.41, 5.74) is 5.93. The molecule has 1 saturated carbocycles. The highest BCUT2D eigenvalue weighted by molar-refractivity contribution is 5.85. The van der Waals surface area contributed by atoms with E-state index in [4.69, 9.17) is 10.5 Å². The number of para-hydroxylation sites is 1. The van der Waals surface area contributed by atoms with Gasteiger partial charge in [-0.05, 0) is 50.7 Å². The fourth-order valence-electron chi connectivity index (χ4n) is 3.93. The number of nitrogens with two attached hydrogens (primary N) is 1. The summed E-state index contributed by atoms with van der Waals surface area (Å²) < 4.78 is 5.61. The van der Waals surface area contributed by atoms with Crippen LogP contribution in [-0.2, 0) is 9.59 Å². The molecule has 3 N–H and O–H groups in total. The molecule has 3 rings (SSSR count). The molecule has 0 bridgehead atoms. The van der Waals surface area contributed by atoms with E-state index in [1.165, 1.54) is 0 Å². The predicted molar refractivity (Wildman–Crippen MR) is 111 cm³/mol. The van der Waals surface area contributed by atoms with Crippen molar-refractivity contribution in [1.82, 2.24) is 10.2 Å². The van der Waals surface area contributed by atoms with Crippen LogP contribution < -0.4 is 15.8 Å². The lowest BCUT2D eigenvalue weighted by Gasteiger charge is -2.34. The van der Waals surface area contributed by atoms with Crippen LogP contribution in [0.5, 0.6) is 5.75 Å². The second-order valence-corrected chi connectivity index (χ2v) is 7.71. The summed E-state index contributed by atoms with van der Waals surface area (Å²) >= 11 is 0. The first-order valence-electron chi connectivity index (χ1n) is 10.1. The van der Waals surface area contributed by atoms with Gasteiger partial charge in [-0.2, -0.15) is 0 Å². The van der Waals surface area contributed by atoms with Crippen molar-refractivity contribution >= 4 is 24.2 Å². The van der Waals surface area contributed by atoms with Gasteiger partial charge >= 0.3 is 0 Å². The monoisotopic (exact) mass is 409 g/mol. The number of ether oxygens (including phenoxy) is 1. The number of likely N-dealkylation sites (tertiary alicyclic amines) is 1. The molecule has 7 heteroatoms. The van der Waals surface area contributed by atoms with Gasteiger partial charge in [-0.1, -0.05) is 18.2 Å². The first-order valence-corrected chi connectivity index (χ1v) is 10.1. The number of carbonyl (C=O) groups is 2. The molecule has 2 fully saturated rings. The van der Waals surface area contributed by atoms with Gasteiger partial charge in [0.05, 0.1) is 18.9 Å². The van der Waals surface area contributed by atoms with E-state index in [9.17, 15) is 9.59 Å². The van der Waals surface area contributed by atoms with Crippen LogP contribution in [0, 0.1) is 5.92 Å². The molecule has 6 nitrogen and oxygen atoms in total. The normalized spacial score (nSPS) is 24.8. The van der Waals surface area contributed by atoms with E-state index < -0.39 is 0 Å². The fraction of sp³-hybridized carbons (Fsp3) is 0.619. The van der Waals surface area contributed by atoms with Crippen LogP contribution in [-0.4, -0.2) is 48.5 Å². The molecule has 1 atom stereocenters. The van der Waals surface area contributed by atoms with Crippen LogP contribution in [0.1, 0.15) is 44.9 Å². The van der Waals surface area contributed by atoms with E-state index in [0.29, 0.717) is 19.6 Å². The Kier molecular flexibility index (Phi) is 9.06. The molecule has 28 heavy (non-hydrogen) atoms. The van der Waals surface area contributed by atoms with E-state index in [0.717, 1.165) is 50.8 Å². The van der Waals surface area contributed by atoms with E-state index in [1.807, 2.05) is 35.2 Å². The van der Waals surface area contributed by atoms with Gasteiger partial charge in [0.25, 0.3) is 0 Å². The molecule has 156 valence electrons. The van der Waals surface area contributed by atoms with Gasteiger partial charge in [0.2, 0.25) is 11.8 Å². The lowest BCUT2D eigenvalue weighted by molar-refractivity contribution is -0.136. The molecule has 0 spiro atoms. The van der Waals surface area contributed by atoms with Crippen molar-refractivity contribution in [2.45, 2.75) is 57.0 Å². The van der Waals surface area contributed by atoms with Crippen LogP contribution in [0.2, 0.25) is 0 Å². The smallest absolute Gasteiger partial charge is 0.226 e. The molecule has 1 aromatic carbocycles. The van der Waals surface area contributed by atoms with Gasteiger partial charge in [0.15, 0.2) is 0 Å². The second-order valence-electron chi connectivity index (χ2n) is 7.71. The Morgan fingerprint density at radius 1 is 1.11 bits per heavy atom. The lowest BCUT2D eigenvalue weighted by atomic mass is 9.90. The first-order chi connectivity index (χ1) is 13.1.